The van der Waals surface area contributed by atoms with Gasteiger partial charge in [-0.2, -0.15) is 0 Å². The molecule has 1 aromatic heterocycles. The molecule has 0 unspecified atom stereocenters. The average Bonchev–Trinajstić information content (AvgIpc) is 2.71. The molecule has 0 bridgehead atoms. The molecular weight excluding hydrogens is 274 g/mol. The van der Waals surface area contributed by atoms with E-state index in [4.69, 9.17) is 0 Å². The SMILES string of the molecule is Cc1nc(NC(=O)N[C@H]2CCS(=O)(=O)C2)sc1C. The molecule has 2 heterocycles. The molecule has 0 saturated carbocycles. The second-order valence-electron chi connectivity index (χ2n) is 4.36. The lowest BCUT2D eigenvalue weighted by Gasteiger charge is -2.10. The van der Waals surface area contributed by atoms with Crippen LogP contribution in [-0.2, 0) is 9.84 Å². The van der Waals surface area contributed by atoms with E-state index in [9.17, 15) is 13.2 Å². The Kier molecular flexibility index (Phi) is 3.58. The van der Waals surface area contributed by atoms with Gasteiger partial charge in [0.05, 0.1) is 17.2 Å². The number of amides is 2. The lowest BCUT2D eigenvalue weighted by atomic mass is 10.3. The number of urea groups is 1. The maximum Gasteiger partial charge on any atom is 0.321 e. The number of anilines is 1. The second kappa shape index (κ2) is 4.85. The minimum Gasteiger partial charge on any atom is -0.334 e. The summed E-state index contributed by atoms with van der Waals surface area (Å²) in [6.07, 6.45) is 0.478. The molecule has 1 aliphatic rings. The predicted octanol–water partition coefficient (Wildman–Crippen LogP) is 1.07. The van der Waals surface area contributed by atoms with Gasteiger partial charge < -0.3 is 5.32 Å². The number of nitrogens with zero attached hydrogens (tertiary/aromatic N) is 1. The number of aromatic nitrogens is 1. The van der Waals surface area contributed by atoms with Crippen molar-refractivity contribution in [3.63, 3.8) is 0 Å². The number of carbonyl (C=O) groups is 1. The Morgan fingerprint density at radius 2 is 2.17 bits per heavy atom. The van der Waals surface area contributed by atoms with Crippen LogP contribution in [0.25, 0.3) is 0 Å². The van der Waals surface area contributed by atoms with E-state index in [-0.39, 0.29) is 17.5 Å². The van der Waals surface area contributed by atoms with Crippen molar-refractivity contribution in [2.45, 2.75) is 26.3 Å². The van der Waals surface area contributed by atoms with Crippen LogP contribution in [0.1, 0.15) is 17.0 Å². The molecule has 0 spiro atoms. The molecular formula is C10H15N3O3S2. The fourth-order valence-electron chi connectivity index (χ4n) is 1.75. The highest BCUT2D eigenvalue weighted by molar-refractivity contribution is 7.91. The first-order chi connectivity index (χ1) is 8.35. The van der Waals surface area contributed by atoms with Crippen LogP contribution in [0.15, 0.2) is 0 Å². The van der Waals surface area contributed by atoms with Gasteiger partial charge >= 0.3 is 6.03 Å². The van der Waals surface area contributed by atoms with Crippen LogP contribution in [0.4, 0.5) is 9.93 Å². The number of hydrogen-bond donors (Lipinski definition) is 2. The Balaban J connectivity index is 1.90. The first kappa shape index (κ1) is 13.3. The molecule has 1 aliphatic heterocycles. The molecule has 6 nitrogen and oxygen atoms in total. The number of aryl methyl sites for hydroxylation is 2. The van der Waals surface area contributed by atoms with E-state index in [0.717, 1.165) is 10.6 Å². The summed E-state index contributed by atoms with van der Waals surface area (Å²) < 4.78 is 22.5. The van der Waals surface area contributed by atoms with E-state index in [1.165, 1.54) is 11.3 Å². The van der Waals surface area contributed by atoms with Crippen molar-refractivity contribution in [2.24, 2.45) is 0 Å². The fourth-order valence-corrected chi connectivity index (χ4v) is 4.24. The molecule has 18 heavy (non-hydrogen) atoms. The van der Waals surface area contributed by atoms with Gasteiger partial charge in [0.15, 0.2) is 15.0 Å². The Morgan fingerprint density at radius 1 is 1.44 bits per heavy atom. The molecule has 0 aromatic carbocycles. The first-order valence-electron chi connectivity index (χ1n) is 5.58. The van der Waals surface area contributed by atoms with Crippen LogP contribution < -0.4 is 10.6 Å². The van der Waals surface area contributed by atoms with Gasteiger partial charge in [0.25, 0.3) is 0 Å². The monoisotopic (exact) mass is 289 g/mol. The Bertz CT molecular complexity index is 545. The average molecular weight is 289 g/mol. The van der Waals surface area contributed by atoms with Crippen molar-refractivity contribution in [3.05, 3.63) is 10.6 Å². The lowest BCUT2D eigenvalue weighted by Crippen LogP contribution is -2.38. The third kappa shape index (κ3) is 3.20. The molecule has 8 heteroatoms. The van der Waals surface area contributed by atoms with Crippen molar-refractivity contribution in [2.75, 3.05) is 16.8 Å². The van der Waals surface area contributed by atoms with Crippen molar-refractivity contribution in [1.82, 2.24) is 10.3 Å². The maximum atomic E-state index is 11.6. The zero-order valence-electron chi connectivity index (χ0n) is 10.2. The maximum absolute atomic E-state index is 11.6. The van der Waals surface area contributed by atoms with E-state index in [0.29, 0.717) is 11.6 Å². The summed E-state index contributed by atoms with van der Waals surface area (Å²) in [5.74, 6) is 0.170. The number of nitrogens with one attached hydrogen (secondary N) is 2. The van der Waals surface area contributed by atoms with Gasteiger partial charge in [-0.25, -0.2) is 18.2 Å². The van der Waals surface area contributed by atoms with Gasteiger partial charge in [-0.3, -0.25) is 5.32 Å². The van der Waals surface area contributed by atoms with Crippen LogP contribution in [0.2, 0.25) is 0 Å². The second-order valence-corrected chi connectivity index (χ2v) is 7.79. The highest BCUT2D eigenvalue weighted by Gasteiger charge is 2.29. The Hall–Kier alpha value is -1.15. The highest BCUT2D eigenvalue weighted by atomic mass is 32.2. The summed E-state index contributed by atoms with van der Waals surface area (Å²) in [4.78, 5) is 16.9. The van der Waals surface area contributed by atoms with Crippen LogP contribution in [0, 0.1) is 13.8 Å². The number of rotatable bonds is 2. The molecule has 1 saturated heterocycles. The van der Waals surface area contributed by atoms with Gasteiger partial charge in [-0.05, 0) is 20.3 Å². The Labute approximate surface area is 110 Å². The van der Waals surface area contributed by atoms with E-state index in [2.05, 4.69) is 15.6 Å². The van der Waals surface area contributed by atoms with Crippen LogP contribution in [-0.4, -0.2) is 37.0 Å². The molecule has 2 amide bonds. The van der Waals surface area contributed by atoms with Gasteiger partial charge in [-0.15, -0.1) is 11.3 Å². The van der Waals surface area contributed by atoms with Gasteiger partial charge in [0.2, 0.25) is 0 Å². The third-order valence-corrected chi connectivity index (χ3v) is 5.57. The van der Waals surface area contributed by atoms with Crippen molar-refractivity contribution in [3.8, 4) is 0 Å². The normalized spacial score (nSPS) is 21.8. The minimum absolute atomic E-state index is 0.0242. The molecule has 2 N–H and O–H groups in total. The standard InChI is InChI=1S/C10H15N3O3S2/c1-6-7(2)17-10(11-6)13-9(14)12-8-3-4-18(15,16)5-8/h8H,3-5H2,1-2H3,(H2,11,12,13,14)/t8-/m0/s1. The highest BCUT2D eigenvalue weighted by Crippen LogP contribution is 2.21. The largest absolute Gasteiger partial charge is 0.334 e. The summed E-state index contributed by atoms with van der Waals surface area (Å²) in [6.45, 7) is 3.80. The zero-order valence-corrected chi connectivity index (χ0v) is 11.8. The van der Waals surface area contributed by atoms with Crippen LogP contribution in [0.3, 0.4) is 0 Å². The minimum atomic E-state index is -2.97. The number of sulfone groups is 1. The van der Waals surface area contributed by atoms with Crippen LogP contribution in [0.5, 0.6) is 0 Å². The van der Waals surface area contributed by atoms with Crippen molar-refractivity contribution in [1.29, 1.82) is 0 Å². The summed E-state index contributed by atoms with van der Waals surface area (Å²) in [6, 6.07) is -0.692. The summed E-state index contributed by atoms with van der Waals surface area (Å²) >= 11 is 1.40. The fraction of sp³-hybridized carbons (Fsp3) is 0.600. The molecule has 0 radical (unpaired) electrons. The van der Waals surface area contributed by atoms with Gasteiger partial charge in [0.1, 0.15) is 0 Å². The quantitative estimate of drug-likeness (QED) is 0.852. The lowest BCUT2D eigenvalue weighted by molar-refractivity contribution is 0.249. The summed E-state index contributed by atoms with van der Waals surface area (Å²) in [7, 11) is -2.97. The van der Waals surface area contributed by atoms with E-state index in [1.54, 1.807) is 0 Å². The summed E-state index contributed by atoms with van der Waals surface area (Å²) in [5.41, 5.74) is 0.888. The Morgan fingerprint density at radius 3 is 2.67 bits per heavy atom. The van der Waals surface area contributed by atoms with E-state index >= 15 is 0 Å². The van der Waals surface area contributed by atoms with Gasteiger partial charge in [0, 0.05) is 10.9 Å². The topological polar surface area (TPSA) is 88.2 Å². The van der Waals surface area contributed by atoms with Crippen LogP contribution >= 0.6 is 11.3 Å². The smallest absolute Gasteiger partial charge is 0.321 e. The first-order valence-corrected chi connectivity index (χ1v) is 8.21. The summed E-state index contributed by atoms with van der Waals surface area (Å²) in [5, 5.41) is 5.80. The molecule has 1 fully saturated rings. The molecule has 1 aromatic rings. The molecule has 100 valence electrons. The van der Waals surface area contributed by atoms with Crippen molar-refractivity contribution >= 4 is 32.3 Å². The third-order valence-electron chi connectivity index (χ3n) is 2.82. The molecule has 0 aliphatic carbocycles. The van der Waals surface area contributed by atoms with E-state index < -0.39 is 15.9 Å². The number of thiazole rings is 1. The van der Waals surface area contributed by atoms with E-state index in [1.807, 2.05) is 13.8 Å². The van der Waals surface area contributed by atoms with Gasteiger partial charge in [-0.1, -0.05) is 0 Å². The van der Waals surface area contributed by atoms with Crippen molar-refractivity contribution < 1.29 is 13.2 Å². The molecule has 2 rings (SSSR count). The number of hydrogen-bond acceptors (Lipinski definition) is 5. The molecule has 1 atom stereocenters. The number of carbonyl (C=O) groups excluding carboxylic acids is 1. The zero-order chi connectivity index (χ0) is 13.3. The predicted molar refractivity (Wildman–Crippen MR) is 70.8 cm³/mol.